The fraction of sp³-hybridized carbons (Fsp3) is 0.636. The van der Waals surface area contributed by atoms with Gasteiger partial charge in [-0.3, -0.25) is 5.32 Å². The van der Waals surface area contributed by atoms with Crippen LogP contribution in [0.1, 0.15) is 31.6 Å². The quantitative estimate of drug-likeness (QED) is 0.729. The number of hydrogen-bond acceptors (Lipinski definition) is 4. The molecule has 0 radical (unpaired) electrons. The molecule has 0 aliphatic carbocycles. The van der Waals surface area contributed by atoms with Gasteiger partial charge in [0, 0.05) is 23.7 Å². The highest BCUT2D eigenvalue weighted by Gasteiger charge is 2.08. The molecule has 96 valence electrons. The minimum Gasteiger partial charge on any atom is -0.396 e. The van der Waals surface area contributed by atoms with Crippen LogP contribution in [0.2, 0.25) is 0 Å². The Bertz CT molecular complexity index is 354. The molecule has 17 heavy (non-hydrogen) atoms. The first-order valence-corrected chi connectivity index (χ1v) is 6.60. The van der Waals surface area contributed by atoms with E-state index in [0.29, 0.717) is 11.6 Å². The molecule has 0 fully saturated rings. The van der Waals surface area contributed by atoms with Gasteiger partial charge in [-0.1, -0.05) is 13.3 Å². The van der Waals surface area contributed by atoms with Crippen LogP contribution in [-0.2, 0) is 6.42 Å². The summed E-state index contributed by atoms with van der Waals surface area (Å²) in [7, 11) is 0. The molecule has 2 amide bonds. The molecular weight excluding hydrogens is 238 g/mol. The van der Waals surface area contributed by atoms with Crippen molar-refractivity contribution in [2.75, 3.05) is 11.9 Å². The Labute approximate surface area is 105 Å². The van der Waals surface area contributed by atoms with Crippen LogP contribution in [0.25, 0.3) is 0 Å². The number of aliphatic hydroxyl groups is 1. The van der Waals surface area contributed by atoms with E-state index in [1.165, 1.54) is 16.2 Å². The number of anilines is 1. The van der Waals surface area contributed by atoms with E-state index < -0.39 is 0 Å². The molecule has 1 aromatic heterocycles. The van der Waals surface area contributed by atoms with Crippen molar-refractivity contribution in [3.63, 3.8) is 0 Å². The van der Waals surface area contributed by atoms with E-state index in [2.05, 4.69) is 22.5 Å². The Kier molecular flexibility index (Phi) is 5.93. The monoisotopic (exact) mass is 257 g/mol. The Hall–Kier alpha value is -1.14. The van der Waals surface area contributed by atoms with Crippen LogP contribution in [0, 0.1) is 0 Å². The van der Waals surface area contributed by atoms with Gasteiger partial charge in [-0.2, -0.15) is 0 Å². The van der Waals surface area contributed by atoms with Crippen LogP contribution in [0.4, 0.5) is 9.93 Å². The second-order valence-corrected chi connectivity index (χ2v) is 5.01. The van der Waals surface area contributed by atoms with Gasteiger partial charge in [-0.05, 0) is 19.8 Å². The molecule has 0 bridgehead atoms. The van der Waals surface area contributed by atoms with E-state index in [4.69, 9.17) is 5.11 Å². The lowest BCUT2D eigenvalue weighted by molar-refractivity contribution is 0.241. The first kappa shape index (κ1) is 13.9. The maximum atomic E-state index is 11.5. The maximum Gasteiger partial charge on any atom is 0.321 e. The summed E-state index contributed by atoms with van der Waals surface area (Å²) in [5.74, 6) is 0. The highest BCUT2D eigenvalue weighted by Crippen LogP contribution is 2.19. The number of aryl methyl sites for hydroxylation is 1. The number of carbonyl (C=O) groups is 1. The van der Waals surface area contributed by atoms with Gasteiger partial charge in [0.25, 0.3) is 0 Å². The topological polar surface area (TPSA) is 74.2 Å². The van der Waals surface area contributed by atoms with Gasteiger partial charge in [0.15, 0.2) is 5.13 Å². The number of thiazole rings is 1. The molecule has 6 heteroatoms. The Balaban J connectivity index is 2.39. The fourth-order valence-electron chi connectivity index (χ4n) is 1.35. The zero-order chi connectivity index (χ0) is 12.7. The molecular formula is C11H19N3O2S. The molecule has 0 unspecified atom stereocenters. The van der Waals surface area contributed by atoms with Gasteiger partial charge in [0.05, 0.1) is 0 Å². The maximum absolute atomic E-state index is 11.5. The SMILES string of the molecule is CCCc1cnc(NC(=O)N[C@H](C)CCO)s1. The van der Waals surface area contributed by atoms with Crippen LogP contribution in [0.5, 0.6) is 0 Å². The molecule has 1 rings (SSSR count). The summed E-state index contributed by atoms with van der Waals surface area (Å²) in [5, 5.41) is 14.7. The number of hydrogen-bond donors (Lipinski definition) is 3. The molecule has 0 saturated heterocycles. The van der Waals surface area contributed by atoms with Crippen molar-refractivity contribution in [3.05, 3.63) is 11.1 Å². The van der Waals surface area contributed by atoms with Crippen molar-refractivity contribution in [2.45, 2.75) is 39.2 Å². The molecule has 0 saturated carbocycles. The van der Waals surface area contributed by atoms with Gasteiger partial charge in [-0.25, -0.2) is 9.78 Å². The summed E-state index contributed by atoms with van der Waals surface area (Å²) in [6.07, 6.45) is 4.40. The molecule has 0 aliphatic rings. The number of aliphatic hydroxyl groups excluding tert-OH is 1. The van der Waals surface area contributed by atoms with Gasteiger partial charge in [0.1, 0.15) is 0 Å². The van der Waals surface area contributed by atoms with Crippen LogP contribution in [0.3, 0.4) is 0 Å². The van der Waals surface area contributed by atoms with E-state index in [1.54, 1.807) is 6.20 Å². The molecule has 1 heterocycles. The van der Waals surface area contributed by atoms with Crippen molar-refractivity contribution in [3.8, 4) is 0 Å². The van der Waals surface area contributed by atoms with Crippen molar-refractivity contribution in [1.82, 2.24) is 10.3 Å². The largest absolute Gasteiger partial charge is 0.396 e. The van der Waals surface area contributed by atoms with Crippen molar-refractivity contribution in [1.29, 1.82) is 0 Å². The lowest BCUT2D eigenvalue weighted by Gasteiger charge is -2.11. The van der Waals surface area contributed by atoms with Gasteiger partial charge in [0.2, 0.25) is 0 Å². The molecule has 0 aliphatic heterocycles. The standard InChI is InChI=1S/C11H19N3O2S/c1-3-4-9-7-12-11(17-9)14-10(16)13-8(2)5-6-15/h7-8,15H,3-6H2,1-2H3,(H2,12,13,14,16)/t8-/m1/s1. The third-order valence-corrected chi connectivity index (χ3v) is 3.18. The minimum atomic E-state index is -0.275. The predicted octanol–water partition coefficient (Wildman–Crippen LogP) is 1.99. The molecule has 3 N–H and O–H groups in total. The minimum absolute atomic E-state index is 0.0462. The summed E-state index contributed by atoms with van der Waals surface area (Å²) in [4.78, 5) is 16.8. The van der Waals surface area contributed by atoms with Crippen LogP contribution < -0.4 is 10.6 Å². The van der Waals surface area contributed by atoms with Crippen molar-refractivity contribution < 1.29 is 9.90 Å². The number of aromatic nitrogens is 1. The van der Waals surface area contributed by atoms with Crippen molar-refractivity contribution in [2.24, 2.45) is 0 Å². The van der Waals surface area contributed by atoms with E-state index in [-0.39, 0.29) is 18.7 Å². The molecule has 0 aromatic carbocycles. The average molecular weight is 257 g/mol. The van der Waals surface area contributed by atoms with Crippen LogP contribution in [-0.4, -0.2) is 28.8 Å². The molecule has 1 atom stereocenters. The van der Waals surface area contributed by atoms with E-state index >= 15 is 0 Å². The second kappa shape index (κ2) is 7.24. The van der Waals surface area contributed by atoms with E-state index in [0.717, 1.165) is 12.8 Å². The van der Waals surface area contributed by atoms with Crippen molar-refractivity contribution >= 4 is 22.5 Å². The number of carbonyl (C=O) groups excluding carboxylic acids is 1. The zero-order valence-electron chi connectivity index (χ0n) is 10.2. The lowest BCUT2D eigenvalue weighted by Crippen LogP contribution is -2.36. The first-order chi connectivity index (χ1) is 8.15. The van der Waals surface area contributed by atoms with Crippen LogP contribution in [0.15, 0.2) is 6.20 Å². The molecule has 1 aromatic rings. The molecule has 5 nitrogen and oxygen atoms in total. The Morgan fingerprint density at radius 1 is 1.65 bits per heavy atom. The van der Waals surface area contributed by atoms with Gasteiger partial charge < -0.3 is 10.4 Å². The summed E-state index contributed by atoms with van der Waals surface area (Å²) in [6.45, 7) is 4.02. The highest BCUT2D eigenvalue weighted by molar-refractivity contribution is 7.15. The number of nitrogens with zero attached hydrogens (tertiary/aromatic N) is 1. The van der Waals surface area contributed by atoms with Gasteiger partial charge >= 0.3 is 6.03 Å². The van der Waals surface area contributed by atoms with E-state index in [1.807, 2.05) is 6.92 Å². The average Bonchev–Trinajstić information content (AvgIpc) is 2.66. The predicted molar refractivity (Wildman–Crippen MR) is 69.4 cm³/mol. The fourth-order valence-corrected chi connectivity index (χ4v) is 2.26. The second-order valence-electron chi connectivity index (χ2n) is 3.89. The first-order valence-electron chi connectivity index (χ1n) is 5.78. The normalized spacial score (nSPS) is 12.2. The third kappa shape index (κ3) is 5.14. The third-order valence-electron chi connectivity index (χ3n) is 2.21. The number of amides is 2. The summed E-state index contributed by atoms with van der Waals surface area (Å²) < 4.78 is 0. The summed E-state index contributed by atoms with van der Waals surface area (Å²) >= 11 is 1.49. The van der Waals surface area contributed by atoms with E-state index in [9.17, 15) is 4.79 Å². The summed E-state index contributed by atoms with van der Waals surface area (Å²) in [5.41, 5.74) is 0. The lowest BCUT2D eigenvalue weighted by atomic mass is 10.2. The number of rotatable bonds is 6. The Morgan fingerprint density at radius 2 is 2.41 bits per heavy atom. The van der Waals surface area contributed by atoms with Crippen LogP contribution >= 0.6 is 11.3 Å². The summed E-state index contributed by atoms with van der Waals surface area (Å²) in [6, 6.07) is -0.321. The highest BCUT2D eigenvalue weighted by atomic mass is 32.1. The smallest absolute Gasteiger partial charge is 0.321 e. The van der Waals surface area contributed by atoms with Gasteiger partial charge in [-0.15, -0.1) is 11.3 Å². The number of urea groups is 1. The zero-order valence-corrected chi connectivity index (χ0v) is 11.0. The number of nitrogens with one attached hydrogen (secondary N) is 2. The Morgan fingerprint density at radius 3 is 3.06 bits per heavy atom. The molecule has 0 spiro atoms.